The SMILES string of the molecule is CCCSCCSCCOC(=O)NC1CC(C)(C)CC(C)(CNC(=O)OCCOCCCCC(=O)NC2CC(C)(C)CC(C)(CNC(=O)OC)C2)C1. The molecule has 0 radical (unpaired) electrons. The Morgan fingerprint density at radius 3 is 1.79 bits per heavy atom. The van der Waals surface area contributed by atoms with Gasteiger partial charge in [0.15, 0.2) is 0 Å². The summed E-state index contributed by atoms with van der Waals surface area (Å²) in [7, 11) is 1.36. The van der Waals surface area contributed by atoms with Crippen LogP contribution >= 0.6 is 23.5 Å². The summed E-state index contributed by atoms with van der Waals surface area (Å²) in [6.45, 7) is 17.5. The van der Waals surface area contributed by atoms with Crippen LogP contribution in [0.2, 0.25) is 0 Å². The molecule has 2 aliphatic carbocycles. The summed E-state index contributed by atoms with van der Waals surface area (Å²) in [5.41, 5.74) is -0.296. The van der Waals surface area contributed by atoms with Crippen LogP contribution in [0.15, 0.2) is 0 Å². The molecule has 0 bridgehead atoms. The molecule has 2 saturated carbocycles. The normalized spacial score (nSPS) is 25.0. The number of carbonyl (C=O) groups excluding carboxylic acids is 4. The summed E-state index contributed by atoms with van der Waals surface area (Å²) >= 11 is 3.77. The third-order valence-electron chi connectivity index (χ3n) is 9.66. The zero-order valence-corrected chi connectivity index (χ0v) is 35.0. The average Bonchev–Trinajstić information content (AvgIpc) is 3.03. The molecule has 52 heavy (non-hydrogen) atoms. The Balaban J connectivity index is 1.58. The van der Waals surface area contributed by atoms with Crippen molar-refractivity contribution in [3.05, 3.63) is 0 Å². The van der Waals surface area contributed by atoms with Gasteiger partial charge in [0.2, 0.25) is 5.91 Å². The fourth-order valence-corrected chi connectivity index (χ4v) is 10.2. The maximum atomic E-state index is 12.7. The van der Waals surface area contributed by atoms with Crippen molar-refractivity contribution < 1.29 is 38.1 Å². The van der Waals surface area contributed by atoms with E-state index in [4.69, 9.17) is 18.9 Å². The van der Waals surface area contributed by atoms with Crippen molar-refractivity contribution in [1.82, 2.24) is 21.3 Å². The van der Waals surface area contributed by atoms with E-state index in [1.54, 1.807) is 0 Å². The number of hydrogen-bond donors (Lipinski definition) is 4. The van der Waals surface area contributed by atoms with Gasteiger partial charge in [-0.25, -0.2) is 14.4 Å². The fourth-order valence-electron chi connectivity index (χ4n) is 8.39. The van der Waals surface area contributed by atoms with Crippen molar-refractivity contribution in [2.24, 2.45) is 21.7 Å². The summed E-state index contributed by atoms with van der Waals surface area (Å²) in [4.78, 5) is 49.3. The first kappa shape index (κ1) is 46.1. The van der Waals surface area contributed by atoms with Crippen LogP contribution in [0.4, 0.5) is 14.4 Å². The Hall–Kier alpha value is -2.06. The van der Waals surface area contributed by atoms with E-state index >= 15 is 0 Å². The second-order valence-electron chi connectivity index (χ2n) is 17.0. The minimum Gasteiger partial charge on any atom is -0.453 e. The number of amides is 4. The molecule has 0 spiro atoms. The number of methoxy groups -OCH3 is 1. The molecule has 14 heteroatoms. The van der Waals surface area contributed by atoms with Gasteiger partial charge in [0, 0.05) is 55.5 Å². The second kappa shape index (κ2) is 23.0. The van der Waals surface area contributed by atoms with Crippen LogP contribution < -0.4 is 21.3 Å². The van der Waals surface area contributed by atoms with E-state index in [1.807, 2.05) is 23.5 Å². The van der Waals surface area contributed by atoms with Gasteiger partial charge < -0.3 is 40.2 Å². The molecule has 4 N–H and O–H groups in total. The Morgan fingerprint density at radius 1 is 0.635 bits per heavy atom. The van der Waals surface area contributed by atoms with Gasteiger partial charge in [0.25, 0.3) is 0 Å². The lowest BCUT2D eigenvalue weighted by Crippen LogP contribution is -2.50. The molecule has 2 rings (SSSR count). The Bertz CT molecular complexity index is 1110. The third-order valence-corrected chi connectivity index (χ3v) is 12.1. The van der Waals surface area contributed by atoms with Gasteiger partial charge in [0.05, 0.1) is 13.7 Å². The van der Waals surface area contributed by atoms with Crippen LogP contribution in [0.3, 0.4) is 0 Å². The molecule has 0 saturated heterocycles. The standard InChI is InChI=1S/C38H70N4O8S2/c1-9-17-51-19-20-52-18-16-50-34(46)42-30-22-36(4,5)26-38(7,24-30)28-40-33(45)49-15-14-48-13-11-10-12-31(43)41-29-21-35(2,3)25-37(6,23-29)27-39-32(44)47-8/h29-30H,9-28H2,1-8H3,(H,39,44)(H,40,45)(H,41,43)(H,42,46). The topological polar surface area (TPSA) is 153 Å². The molecule has 12 nitrogen and oxygen atoms in total. The summed E-state index contributed by atoms with van der Waals surface area (Å²) in [6, 6.07) is 0.0196. The highest BCUT2D eigenvalue weighted by atomic mass is 32.2. The van der Waals surface area contributed by atoms with Crippen molar-refractivity contribution in [1.29, 1.82) is 0 Å². The summed E-state index contributed by atoms with van der Waals surface area (Å²) in [6.07, 6.45) is 6.89. The molecule has 4 amide bonds. The lowest BCUT2D eigenvalue weighted by atomic mass is 9.62. The average molecular weight is 775 g/mol. The van der Waals surface area contributed by atoms with Gasteiger partial charge in [0.1, 0.15) is 13.2 Å². The van der Waals surface area contributed by atoms with E-state index in [0.29, 0.717) is 39.1 Å². The van der Waals surface area contributed by atoms with Crippen LogP contribution in [-0.4, -0.2) is 106 Å². The summed E-state index contributed by atoms with van der Waals surface area (Å²) in [5, 5.41) is 12.0. The molecule has 2 fully saturated rings. The Labute approximate surface area is 322 Å². The van der Waals surface area contributed by atoms with Gasteiger partial charge in [-0.2, -0.15) is 23.5 Å². The van der Waals surface area contributed by atoms with E-state index in [-0.39, 0.29) is 59.0 Å². The smallest absolute Gasteiger partial charge is 0.407 e. The number of nitrogens with one attached hydrogen (secondary N) is 4. The van der Waals surface area contributed by atoms with Crippen molar-refractivity contribution >= 4 is 47.7 Å². The first-order chi connectivity index (χ1) is 24.5. The molecule has 0 aromatic heterocycles. The van der Waals surface area contributed by atoms with Gasteiger partial charge in [-0.1, -0.05) is 48.5 Å². The van der Waals surface area contributed by atoms with E-state index < -0.39 is 12.2 Å². The lowest BCUT2D eigenvalue weighted by molar-refractivity contribution is -0.122. The first-order valence-corrected chi connectivity index (χ1v) is 21.5. The van der Waals surface area contributed by atoms with Crippen LogP contribution in [0.5, 0.6) is 0 Å². The largest absolute Gasteiger partial charge is 0.453 e. The van der Waals surface area contributed by atoms with E-state index in [0.717, 1.165) is 62.2 Å². The molecule has 0 aliphatic heterocycles. The van der Waals surface area contributed by atoms with Crippen LogP contribution in [-0.2, 0) is 23.7 Å². The molecule has 4 unspecified atom stereocenters. The van der Waals surface area contributed by atoms with Gasteiger partial charge in [-0.3, -0.25) is 4.79 Å². The number of ether oxygens (including phenoxy) is 4. The Kier molecular flexibility index (Phi) is 20.4. The number of alkyl carbamates (subject to hydrolysis) is 3. The van der Waals surface area contributed by atoms with E-state index in [1.165, 1.54) is 19.3 Å². The van der Waals surface area contributed by atoms with Crippen molar-refractivity contribution in [3.8, 4) is 0 Å². The van der Waals surface area contributed by atoms with Crippen molar-refractivity contribution in [2.75, 3.05) is 69.6 Å². The highest BCUT2D eigenvalue weighted by Gasteiger charge is 2.43. The highest BCUT2D eigenvalue weighted by Crippen LogP contribution is 2.47. The predicted molar refractivity (Wildman–Crippen MR) is 211 cm³/mol. The van der Waals surface area contributed by atoms with Crippen molar-refractivity contribution in [2.45, 2.75) is 125 Å². The predicted octanol–water partition coefficient (Wildman–Crippen LogP) is 7.14. The summed E-state index contributed by atoms with van der Waals surface area (Å²) in [5.74, 6) is 4.21. The summed E-state index contributed by atoms with van der Waals surface area (Å²) < 4.78 is 21.2. The molecule has 4 atom stereocenters. The van der Waals surface area contributed by atoms with Gasteiger partial charge in [-0.05, 0) is 85.2 Å². The molecule has 0 heterocycles. The number of carbonyl (C=O) groups is 4. The molecule has 2 aliphatic rings. The molecular weight excluding hydrogens is 705 g/mol. The zero-order valence-electron chi connectivity index (χ0n) is 33.4. The third kappa shape index (κ3) is 19.9. The van der Waals surface area contributed by atoms with Crippen molar-refractivity contribution in [3.63, 3.8) is 0 Å². The molecule has 302 valence electrons. The highest BCUT2D eigenvalue weighted by molar-refractivity contribution is 8.02. The van der Waals surface area contributed by atoms with Crippen LogP contribution in [0, 0.1) is 21.7 Å². The van der Waals surface area contributed by atoms with Crippen LogP contribution in [0.1, 0.15) is 113 Å². The monoisotopic (exact) mass is 774 g/mol. The first-order valence-electron chi connectivity index (χ1n) is 19.2. The van der Waals surface area contributed by atoms with Gasteiger partial charge in [-0.15, -0.1) is 0 Å². The number of unbranched alkanes of at least 4 members (excludes halogenated alkanes) is 1. The lowest BCUT2D eigenvalue weighted by Gasteiger charge is -2.46. The molecular formula is C38H70N4O8S2. The maximum absolute atomic E-state index is 12.7. The minimum absolute atomic E-state index is 0.00422. The van der Waals surface area contributed by atoms with Gasteiger partial charge >= 0.3 is 18.3 Å². The quantitative estimate of drug-likeness (QED) is 0.0660. The van der Waals surface area contributed by atoms with E-state index in [9.17, 15) is 19.2 Å². The molecule has 0 aromatic rings. The molecule has 0 aromatic carbocycles. The maximum Gasteiger partial charge on any atom is 0.407 e. The second-order valence-corrected chi connectivity index (χ2v) is 19.4. The number of hydrogen-bond acceptors (Lipinski definition) is 10. The Morgan fingerprint density at radius 2 is 1.19 bits per heavy atom. The van der Waals surface area contributed by atoms with E-state index in [2.05, 4.69) is 69.7 Å². The number of thioether (sulfide) groups is 2. The fraction of sp³-hybridized carbons (Fsp3) is 0.895. The number of rotatable bonds is 22. The zero-order chi connectivity index (χ0) is 38.7. The minimum atomic E-state index is -0.484. The van der Waals surface area contributed by atoms with Crippen LogP contribution in [0.25, 0.3) is 0 Å².